The minimum absolute atomic E-state index is 0.230. The molecule has 0 aliphatic heterocycles. The molecule has 2 aromatic rings. The second kappa shape index (κ2) is 6.09. The molecule has 21 heavy (non-hydrogen) atoms. The van der Waals surface area contributed by atoms with Crippen LogP contribution in [-0.4, -0.2) is 17.0 Å². The number of rotatable bonds is 5. The van der Waals surface area contributed by atoms with Crippen molar-refractivity contribution in [1.82, 2.24) is 0 Å². The van der Waals surface area contributed by atoms with E-state index in [1.54, 1.807) is 18.2 Å². The Hall–Kier alpha value is -2.82. The second-order valence-electron chi connectivity index (χ2n) is 4.77. The highest BCUT2D eigenvalue weighted by molar-refractivity contribution is 5.98. The second-order valence-corrected chi connectivity index (χ2v) is 4.77. The molecule has 0 spiro atoms. The van der Waals surface area contributed by atoms with Crippen LogP contribution in [0, 0.1) is 6.92 Å². The van der Waals surface area contributed by atoms with Crippen LogP contribution in [-0.2, 0) is 6.54 Å². The van der Waals surface area contributed by atoms with Gasteiger partial charge in [-0.25, -0.2) is 4.79 Å². The zero-order valence-electron chi connectivity index (χ0n) is 11.6. The summed E-state index contributed by atoms with van der Waals surface area (Å²) in [6.07, 6.45) is 0. The SMILES string of the molecule is Cc1ccc(C(N)=O)c(NCc2cccc(C(=O)O)c2)c1. The molecule has 0 heterocycles. The van der Waals surface area contributed by atoms with Gasteiger partial charge in [0.2, 0.25) is 0 Å². The molecule has 0 bridgehead atoms. The van der Waals surface area contributed by atoms with E-state index < -0.39 is 11.9 Å². The number of hydrogen-bond acceptors (Lipinski definition) is 3. The van der Waals surface area contributed by atoms with Crippen molar-refractivity contribution < 1.29 is 14.7 Å². The summed E-state index contributed by atoms with van der Waals surface area (Å²) in [6, 6.07) is 12.0. The van der Waals surface area contributed by atoms with Gasteiger partial charge in [0.15, 0.2) is 0 Å². The summed E-state index contributed by atoms with van der Waals surface area (Å²) in [6.45, 7) is 2.33. The monoisotopic (exact) mass is 284 g/mol. The molecular weight excluding hydrogens is 268 g/mol. The maximum Gasteiger partial charge on any atom is 0.335 e. The first-order valence-electron chi connectivity index (χ1n) is 6.44. The summed E-state index contributed by atoms with van der Waals surface area (Å²) in [5.74, 6) is -1.47. The predicted octanol–water partition coefficient (Wildman–Crippen LogP) is 2.40. The average molecular weight is 284 g/mol. The fraction of sp³-hybridized carbons (Fsp3) is 0.125. The van der Waals surface area contributed by atoms with Crippen molar-refractivity contribution in [3.8, 4) is 0 Å². The predicted molar refractivity (Wildman–Crippen MR) is 80.4 cm³/mol. The van der Waals surface area contributed by atoms with Crippen molar-refractivity contribution >= 4 is 17.6 Å². The third kappa shape index (κ3) is 3.60. The lowest BCUT2D eigenvalue weighted by atomic mass is 10.1. The van der Waals surface area contributed by atoms with E-state index in [0.717, 1.165) is 11.1 Å². The smallest absolute Gasteiger partial charge is 0.335 e. The zero-order valence-corrected chi connectivity index (χ0v) is 11.6. The van der Waals surface area contributed by atoms with Gasteiger partial charge in [-0.05, 0) is 42.3 Å². The van der Waals surface area contributed by atoms with Crippen LogP contribution in [0.25, 0.3) is 0 Å². The van der Waals surface area contributed by atoms with E-state index in [1.807, 2.05) is 25.1 Å². The molecule has 0 atom stereocenters. The number of amides is 1. The highest BCUT2D eigenvalue weighted by Crippen LogP contribution is 2.18. The van der Waals surface area contributed by atoms with Crippen LogP contribution in [0.4, 0.5) is 5.69 Å². The van der Waals surface area contributed by atoms with Gasteiger partial charge in [-0.15, -0.1) is 0 Å². The Morgan fingerprint density at radius 2 is 1.95 bits per heavy atom. The number of carbonyl (C=O) groups excluding carboxylic acids is 1. The first-order valence-corrected chi connectivity index (χ1v) is 6.44. The van der Waals surface area contributed by atoms with Crippen molar-refractivity contribution in [1.29, 1.82) is 0 Å². The number of aromatic carboxylic acids is 1. The molecule has 2 aromatic carbocycles. The van der Waals surface area contributed by atoms with Gasteiger partial charge < -0.3 is 16.2 Å². The van der Waals surface area contributed by atoms with E-state index in [4.69, 9.17) is 10.8 Å². The van der Waals surface area contributed by atoms with Gasteiger partial charge in [0.1, 0.15) is 0 Å². The lowest BCUT2D eigenvalue weighted by Gasteiger charge is -2.11. The normalized spacial score (nSPS) is 10.1. The molecule has 4 N–H and O–H groups in total. The topological polar surface area (TPSA) is 92.4 Å². The Morgan fingerprint density at radius 3 is 2.62 bits per heavy atom. The van der Waals surface area contributed by atoms with Gasteiger partial charge in [0.25, 0.3) is 5.91 Å². The van der Waals surface area contributed by atoms with Crippen LogP contribution in [0.5, 0.6) is 0 Å². The van der Waals surface area contributed by atoms with E-state index in [2.05, 4.69) is 5.32 Å². The van der Waals surface area contributed by atoms with Crippen molar-refractivity contribution in [2.45, 2.75) is 13.5 Å². The number of hydrogen-bond donors (Lipinski definition) is 3. The minimum atomic E-state index is -0.967. The molecule has 0 unspecified atom stereocenters. The summed E-state index contributed by atoms with van der Waals surface area (Å²) in [5, 5.41) is 12.1. The number of carboxylic acid groups (broad SMARTS) is 1. The van der Waals surface area contributed by atoms with Gasteiger partial charge in [0, 0.05) is 12.2 Å². The minimum Gasteiger partial charge on any atom is -0.478 e. The van der Waals surface area contributed by atoms with Crippen LogP contribution in [0.15, 0.2) is 42.5 Å². The number of anilines is 1. The van der Waals surface area contributed by atoms with Crippen LogP contribution in [0.1, 0.15) is 31.8 Å². The molecule has 0 aliphatic carbocycles. The number of aryl methyl sites for hydroxylation is 1. The maximum absolute atomic E-state index is 11.4. The van der Waals surface area contributed by atoms with Crippen LogP contribution in [0.2, 0.25) is 0 Å². The summed E-state index contributed by atoms with van der Waals surface area (Å²) < 4.78 is 0. The third-order valence-corrected chi connectivity index (χ3v) is 3.10. The highest BCUT2D eigenvalue weighted by atomic mass is 16.4. The number of primary amides is 1. The first-order chi connectivity index (χ1) is 9.97. The Kier molecular flexibility index (Phi) is 4.23. The lowest BCUT2D eigenvalue weighted by molar-refractivity contribution is 0.0696. The standard InChI is InChI=1S/C16H16N2O3/c1-10-5-6-13(15(17)19)14(7-10)18-9-11-3-2-4-12(8-11)16(20)21/h2-8,18H,9H2,1H3,(H2,17,19)(H,20,21). The largest absolute Gasteiger partial charge is 0.478 e. The van der Waals surface area contributed by atoms with Crippen molar-refractivity contribution in [2.24, 2.45) is 5.73 Å². The van der Waals surface area contributed by atoms with E-state index in [0.29, 0.717) is 17.8 Å². The number of benzene rings is 2. The summed E-state index contributed by atoms with van der Waals surface area (Å²) in [4.78, 5) is 22.3. The number of nitrogens with two attached hydrogens (primary N) is 1. The number of carboxylic acids is 1. The van der Waals surface area contributed by atoms with Gasteiger partial charge >= 0.3 is 5.97 Å². The highest BCUT2D eigenvalue weighted by Gasteiger charge is 2.08. The van der Waals surface area contributed by atoms with Crippen LogP contribution < -0.4 is 11.1 Å². The fourth-order valence-corrected chi connectivity index (χ4v) is 2.03. The quantitative estimate of drug-likeness (QED) is 0.786. The molecule has 5 nitrogen and oxygen atoms in total. The summed E-state index contributed by atoms with van der Waals surface area (Å²) >= 11 is 0. The van der Waals surface area contributed by atoms with E-state index in [-0.39, 0.29) is 5.56 Å². The molecule has 0 aromatic heterocycles. The molecule has 0 fully saturated rings. The van der Waals surface area contributed by atoms with Gasteiger partial charge in [-0.3, -0.25) is 4.79 Å². The molecule has 5 heteroatoms. The fourth-order valence-electron chi connectivity index (χ4n) is 2.03. The Bertz CT molecular complexity index is 696. The Labute approximate surface area is 122 Å². The number of nitrogens with one attached hydrogen (secondary N) is 1. The molecule has 2 rings (SSSR count). The van der Waals surface area contributed by atoms with Crippen molar-refractivity contribution in [3.05, 3.63) is 64.7 Å². The molecule has 0 radical (unpaired) electrons. The van der Waals surface area contributed by atoms with E-state index in [9.17, 15) is 9.59 Å². The first kappa shape index (κ1) is 14.6. The maximum atomic E-state index is 11.4. The van der Waals surface area contributed by atoms with Crippen LogP contribution >= 0.6 is 0 Å². The zero-order chi connectivity index (χ0) is 15.4. The summed E-state index contributed by atoms with van der Waals surface area (Å²) in [5.41, 5.74) is 8.44. The molecule has 0 saturated carbocycles. The Balaban J connectivity index is 2.20. The van der Waals surface area contributed by atoms with Gasteiger partial charge in [-0.1, -0.05) is 18.2 Å². The van der Waals surface area contributed by atoms with Gasteiger partial charge in [-0.2, -0.15) is 0 Å². The Morgan fingerprint density at radius 1 is 1.19 bits per heavy atom. The molecular formula is C16H16N2O3. The van der Waals surface area contributed by atoms with Crippen molar-refractivity contribution in [2.75, 3.05) is 5.32 Å². The molecule has 0 aliphatic rings. The van der Waals surface area contributed by atoms with E-state index in [1.165, 1.54) is 6.07 Å². The van der Waals surface area contributed by atoms with Crippen molar-refractivity contribution in [3.63, 3.8) is 0 Å². The van der Waals surface area contributed by atoms with Gasteiger partial charge in [0.05, 0.1) is 11.1 Å². The molecule has 108 valence electrons. The van der Waals surface area contributed by atoms with E-state index >= 15 is 0 Å². The molecule has 0 saturated heterocycles. The van der Waals surface area contributed by atoms with Crippen LogP contribution in [0.3, 0.4) is 0 Å². The third-order valence-electron chi connectivity index (χ3n) is 3.10. The lowest BCUT2D eigenvalue weighted by Crippen LogP contribution is -2.14. The average Bonchev–Trinajstić information content (AvgIpc) is 2.45. The number of carbonyl (C=O) groups is 2. The summed E-state index contributed by atoms with van der Waals surface area (Å²) in [7, 11) is 0. The molecule has 1 amide bonds.